The molecule has 0 aliphatic rings. The van der Waals surface area contributed by atoms with Crippen molar-refractivity contribution in [1.82, 2.24) is 4.90 Å². The maximum absolute atomic E-state index is 12.0. The molecule has 0 bridgehead atoms. The number of carbonyl (C=O) groups excluding carboxylic acids is 1. The van der Waals surface area contributed by atoms with Crippen LogP contribution in [-0.2, 0) is 14.4 Å². The molecule has 0 aromatic carbocycles. The molecule has 19 heavy (non-hydrogen) atoms. The van der Waals surface area contributed by atoms with Crippen LogP contribution in [0.25, 0.3) is 0 Å². The van der Waals surface area contributed by atoms with Gasteiger partial charge in [0.1, 0.15) is 6.04 Å². The molecule has 0 aliphatic heterocycles. The summed E-state index contributed by atoms with van der Waals surface area (Å²) in [6, 6.07) is -0.922. The van der Waals surface area contributed by atoms with Gasteiger partial charge in [0.15, 0.2) is 0 Å². The lowest BCUT2D eigenvalue weighted by atomic mass is 10.1. The third kappa shape index (κ3) is 6.79. The highest BCUT2D eigenvalue weighted by atomic mass is 16.4. The van der Waals surface area contributed by atoms with Crippen LogP contribution in [0.4, 0.5) is 0 Å². The summed E-state index contributed by atoms with van der Waals surface area (Å²) in [6.07, 6.45) is 2.52. The van der Waals surface area contributed by atoms with Crippen molar-refractivity contribution < 1.29 is 24.6 Å². The SMILES string of the molecule is CCCCC(=O)N(CCC(=O)O)C(CCC)C(=O)O. The van der Waals surface area contributed by atoms with Crippen molar-refractivity contribution in [3.8, 4) is 0 Å². The van der Waals surface area contributed by atoms with Gasteiger partial charge in [0.05, 0.1) is 6.42 Å². The maximum atomic E-state index is 12.0. The van der Waals surface area contributed by atoms with Crippen LogP contribution >= 0.6 is 0 Å². The van der Waals surface area contributed by atoms with Crippen molar-refractivity contribution >= 4 is 17.8 Å². The predicted molar refractivity (Wildman–Crippen MR) is 69.8 cm³/mol. The number of unbranched alkanes of at least 4 members (excludes halogenated alkanes) is 1. The smallest absolute Gasteiger partial charge is 0.326 e. The molecule has 6 nitrogen and oxygen atoms in total. The van der Waals surface area contributed by atoms with Gasteiger partial charge in [-0.05, 0) is 12.8 Å². The molecule has 1 amide bonds. The van der Waals surface area contributed by atoms with Crippen molar-refractivity contribution in [2.75, 3.05) is 6.54 Å². The number of rotatable bonds is 10. The highest BCUT2D eigenvalue weighted by Crippen LogP contribution is 2.12. The van der Waals surface area contributed by atoms with Gasteiger partial charge >= 0.3 is 11.9 Å². The number of carbonyl (C=O) groups is 3. The molecule has 0 radical (unpaired) electrons. The van der Waals surface area contributed by atoms with Gasteiger partial charge in [0.2, 0.25) is 5.91 Å². The maximum Gasteiger partial charge on any atom is 0.326 e. The monoisotopic (exact) mass is 273 g/mol. The molecular weight excluding hydrogens is 250 g/mol. The predicted octanol–water partition coefficient (Wildman–Crippen LogP) is 1.73. The standard InChI is InChI=1S/C13H23NO5/c1-3-5-7-11(15)14(9-8-12(16)17)10(6-4-2)13(18)19/h10H,3-9H2,1-2H3,(H,16,17)(H,18,19). The van der Waals surface area contributed by atoms with Crippen LogP contribution in [0.3, 0.4) is 0 Å². The normalized spacial score (nSPS) is 11.9. The van der Waals surface area contributed by atoms with E-state index in [9.17, 15) is 19.5 Å². The van der Waals surface area contributed by atoms with E-state index in [0.717, 1.165) is 6.42 Å². The molecule has 0 spiro atoms. The largest absolute Gasteiger partial charge is 0.481 e. The third-order valence-corrected chi connectivity index (χ3v) is 2.85. The molecule has 0 aromatic rings. The summed E-state index contributed by atoms with van der Waals surface area (Å²) in [7, 11) is 0. The minimum atomic E-state index is -1.07. The summed E-state index contributed by atoms with van der Waals surface area (Å²) < 4.78 is 0. The van der Waals surface area contributed by atoms with E-state index in [4.69, 9.17) is 5.11 Å². The number of hydrogen-bond acceptors (Lipinski definition) is 3. The fraction of sp³-hybridized carbons (Fsp3) is 0.769. The minimum Gasteiger partial charge on any atom is -0.481 e. The highest BCUT2D eigenvalue weighted by Gasteiger charge is 2.28. The second kappa shape index (κ2) is 9.35. The Morgan fingerprint density at radius 2 is 1.68 bits per heavy atom. The zero-order valence-electron chi connectivity index (χ0n) is 11.6. The van der Waals surface area contributed by atoms with Gasteiger partial charge in [0.25, 0.3) is 0 Å². The molecule has 6 heteroatoms. The number of aliphatic carboxylic acids is 2. The zero-order chi connectivity index (χ0) is 14.8. The Labute approximate surface area is 113 Å². The van der Waals surface area contributed by atoms with Gasteiger partial charge in [-0.2, -0.15) is 0 Å². The van der Waals surface area contributed by atoms with E-state index >= 15 is 0 Å². The molecule has 1 unspecified atom stereocenters. The Kier molecular flexibility index (Phi) is 8.57. The Balaban J connectivity index is 4.83. The average molecular weight is 273 g/mol. The summed E-state index contributed by atoms with van der Waals surface area (Å²) in [5, 5.41) is 17.9. The number of nitrogens with zero attached hydrogens (tertiary/aromatic N) is 1. The first kappa shape index (κ1) is 17.4. The lowest BCUT2D eigenvalue weighted by Crippen LogP contribution is -2.46. The molecule has 0 saturated heterocycles. The molecule has 110 valence electrons. The van der Waals surface area contributed by atoms with Gasteiger partial charge in [-0.1, -0.05) is 26.7 Å². The number of carboxylic acids is 2. The summed E-state index contributed by atoms with van der Waals surface area (Å²) in [5.74, 6) is -2.38. The molecule has 2 N–H and O–H groups in total. The second-order valence-electron chi connectivity index (χ2n) is 4.48. The number of hydrogen-bond donors (Lipinski definition) is 2. The summed E-state index contributed by atoms with van der Waals surface area (Å²) in [5.41, 5.74) is 0. The molecule has 1 atom stereocenters. The molecule has 0 rings (SSSR count). The summed E-state index contributed by atoms with van der Waals surface area (Å²) in [6.45, 7) is 3.73. The van der Waals surface area contributed by atoms with Gasteiger partial charge < -0.3 is 15.1 Å². The first-order valence-electron chi connectivity index (χ1n) is 6.68. The lowest BCUT2D eigenvalue weighted by Gasteiger charge is -2.28. The molecule has 0 saturated carbocycles. The Bertz CT molecular complexity index is 316. The van der Waals surface area contributed by atoms with E-state index in [-0.39, 0.29) is 25.3 Å². The summed E-state index contributed by atoms with van der Waals surface area (Å²) in [4.78, 5) is 35.0. The zero-order valence-corrected chi connectivity index (χ0v) is 11.6. The second-order valence-corrected chi connectivity index (χ2v) is 4.48. The van der Waals surface area contributed by atoms with E-state index in [1.54, 1.807) is 0 Å². The highest BCUT2D eigenvalue weighted by molar-refractivity contribution is 5.84. The van der Waals surface area contributed by atoms with E-state index in [1.807, 2.05) is 13.8 Å². The Morgan fingerprint density at radius 1 is 1.05 bits per heavy atom. The van der Waals surface area contributed by atoms with Crippen LogP contribution < -0.4 is 0 Å². The van der Waals surface area contributed by atoms with Crippen LogP contribution in [0.1, 0.15) is 52.4 Å². The first-order chi connectivity index (χ1) is 8.93. The van der Waals surface area contributed by atoms with Crippen molar-refractivity contribution in [3.05, 3.63) is 0 Å². The molecule has 0 aromatic heterocycles. The van der Waals surface area contributed by atoms with E-state index < -0.39 is 18.0 Å². The first-order valence-corrected chi connectivity index (χ1v) is 6.68. The fourth-order valence-electron chi connectivity index (χ4n) is 1.83. The van der Waals surface area contributed by atoms with Crippen molar-refractivity contribution in [3.63, 3.8) is 0 Å². The van der Waals surface area contributed by atoms with Crippen molar-refractivity contribution in [2.45, 2.75) is 58.4 Å². The fourth-order valence-corrected chi connectivity index (χ4v) is 1.83. The molecule has 0 fully saturated rings. The topological polar surface area (TPSA) is 94.9 Å². The van der Waals surface area contributed by atoms with Gasteiger partial charge in [0, 0.05) is 13.0 Å². The van der Waals surface area contributed by atoms with Crippen LogP contribution in [0, 0.1) is 0 Å². The van der Waals surface area contributed by atoms with Gasteiger partial charge in [-0.25, -0.2) is 4.79 Å². The molecule has 0 aliphatic carbocycles. The molecular formula is C13H23NO5. The quantitative estimate of drug-likeness (QED) is 0.632. The van der Waals surface area contributed by atoms with Crippen LogP contribution in [-0.4, -0.2) is 45.5 Å². The van der Waals surface area contributed by atoms with Crippen molar-refractivity contribution in [2.24, 2.45) is 0 Å². The summed E-state index contributed by atoms with van der Waals surface area (Å²) >= 11 is 0. The molecule has 0 heterocycles. The van der Waals surface area contributed by atoms with Gasteiger partial charge in [-0.3, -0.25) is 9.59 Å². The van der Waals surface area contributed by atoms with E-state index in [0.29, 0.717) is 19.3 Å². The third-order valence-electron chi connectivity index (χ3n) is 2.85. The number of amides is 1. The Morgan fingerprint density at radius 3 is 2.11 bits per heavy atom. The van der Waals surface area contributed by atoms with Crippen LogP contribution in [0.15, 0.2) is 0 Å². The van der Waals surface area contributed by atoms with Crippen LogP contribution in [0.2, 0.25) is 0 Å². The van der Waals surface area contributed by atoms with Crippen molar-refractivity contribution in [1.29, 1.82) is 0 Å². The van der Waals surface area contributed by atoms with E-state index in [2.05, 4.69) is 0 Å². The van der Waals surface area contributed by atoms with Crippen LogP contribution in [0.5, 0.6) is 0 Å². The number of carboxylic acid groups (broad SMARTS) is 2. The Hall–Kier alpha value is -1.59. The average Bonchev–Trinajstić information content (AvgIpc) is 2.34. The van der Waals surface area contributed by atoms with E-state index in [1.165, 1.54) is 4.90 Å². The van der Waals surface area contributed by atoms with Gasteiger partial charge in [-0.15, -0.1) is 0 Å². The minimum absolute atomic E-state index is 0.0468. The lowest BCUT2D eigenvalue weighted by molar-refractivity contribution is -0.152.